The van der Waals surface area contributed by atoms with Crippen LogP contribution in [0.3, 0.4) is 0 Å². The van der Waals surface area contributed by atoms with Crippen LogP contribution in [0.25, 0.3) is 5.69 Å². The number of hydrogen-bond donors (Lipinski definition) is 1. The van der Waals surface area contributed by atoms with Gasteiger partial charge in [-0.25, -0.2) is 9.07 Å². The summed E-state index contributed by atoms with van der Waals surface area (Å²) in [6.45, 7) is 4.94. The number of aromatic nitrogens is 2. The Kier molecular flexibility index (Phi) is 4.93. The largest absolute Gasteiger partial charge is 0.310 e. The zero-order valence-corrected chi connectivity index (χ0v) is 13.2. The van der Waals surface area contributed by atoms with Gasteiger partial charge in [-0.2, -0.15) is 5.10 Å². The van der Waals surface area contributed by atoms with Crippen molar-refractivity contribution in [3.8, 4) is 5.69 Å². The predicted octanol–water partition coefficient (Wildman–Crippen LogP) is 3.68. The highest BCUT2D eigenvalue weighted by Gasteiger charge is 2.16. The second kappa shape index (κ2) is 6.47. The molecule has 0 aliphatic heterocycles. The molecule has 1 aromatic carbocycles. The number of hydrogen-bond acceptors (Lipinski definition) is 2. The van der Waals surface area contributed by atoms with E-state index >= 15 is 0 Å². The Balaban J connectivity index is 2.41. The summed E-state index contributed by atoms with van der Waals surface area (Å²) in [5.41, 5.74) is 1.45. The zero-order chi connectivity index (χ0) is 13.8. The maximum Gasteiger partial charge on any atom is 0.130 e. The molecule has 0 aliphatic rings. The van der Waals surface area contributed by atoms with E-state index in [9.17, 15) is 4.39 Å². The van der Waals surface area contributed by atoms with E-state index in [0.717, 1.165) is 22.2 Å². The van der Waals surface area contributed by atoms with Crippen LogP contribution in [-0.4, -0.2) is 16.3 Å². The summed E-state index contributed by atoms with van der Waals surface area (Å²) < 4.78 is 16.9. The molecule has 19 heavy (non-hydrogen) atoms. The first-order valence-electron chi connectivity index (χ1n) is 6.35. The van der Waals surface area contributed by atoms with Gasteiger partial charge in [-0.05, 0) is 54.6 Å². The van der Waals surface area contributed by atoms with Gasteiger partial charge < -0.3 is 5.32 Å². The maximum atomic E-state index is 14.1. The topological polar surface area (TPSA) is 29.9 Å². The average Bonchev–Trinajstić information content (AvgIpc) is 2.82. The van der Waals surface area contributed by atoms with E-state index in [0.29, 0.717) is 5.56 Å². The number of nitrogens with one attached hydrogen (secondary N) is 1. The SMILES string of the molecule is CCCNC(C)c1c(F)cccc1-n1cc(I)cn1. The molecule has 0 aliphatic carbocycles. The van der Waals surface area contributed by atoms with Crippen LogP contribution >= 0.6 is 22.6 Å². The summed E-state index contributed by atoms with van der Waals surface area (Å²) in [6.07, 6.45) is 4.68. The Bertz CT molecular complexity index is 553. The highest BCUT2D eigenvalue weighted by atomic mass is 127. The minimum atomic E-state index is -0.195. The molecule has 5 heteroatoms. The molecule has 0 saturated carbocycles. The van der Waals surface area contributed by atoms with Crippen molar-refractivity contribution >= 4 is 22.6 Å². The molecule has 102 valence electrons. The van der Waals surface area contributed by atoms with Crippen LogP contribution in [0.5, 0.6) is 0 Å². The van der Waals surface area contributed by atoms with Gasteiger partial charge in [0.2, 0.25) is 0 Å². The van der Waals surface area contributed by atoms with Gasteiger partial charge in [-0.3, -0.25) is 0 Å². The van der Waals surface area contributed by atoms with Crippen LogP contribution in [0.2, 0.25) is 0 Å². The molecule has 1 heterocycles. The van der Waals surface area contributed by atoms with E-state index < -0.39 is 0 Å². The molecular weight excluding hydrogens is 356 g/mol. The van der Waals surface area contributed by atoms with E-state index in [1.807, 2.05) is 19.2 Å². The molecule has 0 amide bonds. The lowest BCUT2D eigenvalue weighted by atomic mass is 10.1. The van der Waals surface area contributed by atoms with Crippen LogP contribution in [-0.2, 0) is 0 Å². The molecule has 1 atom stereocenters. The molecule has 0 fully saturated rings. The van der Waals surface area contributed by atoms with Gasteiger partial charge in [0.1, 0.15) is 5.82 Å². The first kappa shape index (κ1) is 14.5. The molecule has 0 spiro atoms. The van der Waals surface area contributed by atoms with Gasteiger partial charge in [0.05, 0.1) is 15.5 Å². The molecule has 3 nitrogen and oxygen atoms in total. The van der Waals surface area contributed by atoms with Gasteiger partial charge in [0.15, 0.2) is 0 Å². The normalized spacial score (nSPS) is 12.6. The van der Waals surface area contributed by atoms with E-state index in [-0.39, 0.29) is 11.9 Å². The standard InChI is InChI=1S/C14H17FIN3/c1-3-7-17-10(2)14-12(15)5-4-6-13(14)19-9-11(16)8-18-19/h4-6,8-10,17H,3,7H2,1-2H3. The third kappa shape index (κ3) is 3.33. The van der Waals surface area contributed by atoms with E-state index in [2.05, 4.69) is 39.9 Å². The smallest absolute Gasteiger partial charge is 0.130 e. The van der Waals surface area contributed by atoms with Crippen LogP contribution in [0.1, 0.15) is 31.9 Å². The molecule has 2 aromatic rings. The van der Waals surface area contributed by atoms with Gasteiger partial charge in [0.25, 0.3) is 0 Å². The molecule has 1 aromatic heterocycles. The Hall–Kier alpha value is -0.950. The van der Waals surface area contributed by atoms with Crippen molar-refractivity contribution in [3.63, 3.8) is 0 Å². The molecule has 2 rings (SSSR count). The Morgan fingerprint density at radius 3 is 2.89 bits per heavy atom. The predicted molar refractivity (Wildman–Crippen MR) is 82.9 cm³/mol. The zero-order valence-electron chi connectivity index (χ0n) is 11.0. The third-order valence-corrected chi connectivity index (χ3v) is 3.52. The molecule has 0 bridgehead atoms. The monoisotopic (exact) mass is 373 g/mol. The lowest BCUT2D eigenvalue weighted by molar-refractivity contribution is 0.523. The van der Waals surface area contributed by atoms with Crippen LogP contribution in [0.4, 0.5) is 4.39 Å². The Labute approximate surface area is 126 Å². The fourth-order valence-electron chi connectivity index (χ4n) is 2.05. The summed E-state index contributed by atoms with van der Waals surface area (Å²) in [4.78, 5) is 0. The van der Waals surface area contributed by atoms with E-state index in [1.165, 1.54) is 6.07 Å². The Morgan fingerprint density at radius 2 is 2.26 bits per heavy atom. The van der Waals surface area contributed by atoms with Crippen LogP contribution in [0.15, 0.2) is 30.6 Å². The lowest BCUT2D eigenvalue weighted by Crippen LogP contribution is -2.22. The summed E-state index contributed by atoms with van der Waals surface area (Å²) in [6, 6.07) is 5.07. The maximum absolute atomic E-state index is 14.1. The van der Waals surface area contributed by atoms with Crippen molar-refractivity contribution in [1.29, 1.82) is 0 Å². The molecule has 0 radical (unpaired) electrons. The van der Waals surface area contributed by atoms with E-state index in [4.69, 9.17) is 0 Å². The lowest BCUT2D eigenvalue weighted by Gasteiger charge is -2.18. The molecular formula is C14H17FIN3. The van der Waals surface area contributed by atoms with Crippen LogP contribution < -0.4 is 5.32 Å². The number of nitrogens with zero attached hydrogens (tertiary/aromatic N) is 2. The van der Waals surface area contributed by atoms with Crippen molar-refractivity contribution in [2.45, 2.75) is 26.3 Å². The van der Waals surface area contributed by atoms with Crippen LogP contribution in [0, 0.1) is 9.39 Å². The van der Waals surface area contributed by atoms with Gasteiger partial charge >= 0.3 is 0 Å². The molecule has 1 N–H and O–H groups in total. The highest BCUT2D eigenvalue weighted by molar-refractivity contribution is 14.1. The summed E-state index contributed by atoms with van der Waals surface area (Å²) in [7, 11) is 0. The molecule has 0 saturated heterocycles. The Morgan fingerprint density at radius 1 is 1.47 bits per heavy atom. The quantitative estimate of drug-likeness (QED) is 0.811. The fourth-order valence-corrected chi connectivity index (χ4v) is 2.44. The van der Waals surface area contributed by atoms with Gasteiger partial charge in [-0.1, -0.05) is 13.0 Å². The second-order valence-corrected chi connectivity index (χ2v) is 5.70. The minimum absolute atomic E-state index is 0.0435. The van der Waals surface area contributed by atoms with Gasteiger partial charge in [0, 0.05) is 17.8 Å². The first-order valence-corrected chi connectivity index (χ1v) is 7.43. The van der Waals surface area contributed by atoms with Crippen molar-refractivity contribution < 1.29 is 4.39 Å². The molecule has 1 unspecified atom stereocenters. The van der Waals surface area contributed by atoms with Gasteiger partial charge in [-0.15, -0.1) is 0 Å². The number of benzene rings is 1. The van der Waals surface area contributed by atoms with E-state index in [1.54, 1.807) is 16.9 Å². The van der Waals surface area contributed by atoms with Crippen molar-refractivity contribution in [1.82, 2.24) is 15.1 Å². The summed E-state index contributed by atoms with van der Waals surface area (Å²) >= 11 is 2.20. The minimum Gasteiger partial charge on any atom is -0.310 e. The first-order chi connectivity index (χ1) is 9.13. The van der Waals surface area contributed by atoms with Crippen molar-refractivity contribution in [2.75, 3.05) is 6.54 Å². The summed E-state index contributed by atoms with van der Waals surface area (Å²) in [5, 5.41) is 7.59. The third-order valence-electron chi connectivity index (χ3n) is 2.96. The number of halogens is 2. The highest BCUT2D eigenvalue weighted by Crippen LogP contribution is 2.24. The van der Waals surface area contributed by atoms with Crippen molar-refractivity contribution in [2.24, 2.45) is 0 Å². The second-order valence-electron chi connectivity index (χ2n) is 4.45. The average molecular weight is 373 g/mol. The summed E-state index contributed by atoms with van der Waals surface area (Å²) in [5.74, 6) is -0.195. The number of rotatable bonds is 5. The van der Waals surface area contributed by atoms with Crippen molar-refractivity contribution in [3.05, 3.63) is 45.5 Å². The fraction of sp³-hybridized carbons (Fsp3) is 0.357.